The van der Waals surface area contributed by atoms with Crippen molar-refractivity contribution in [3.05, 3.63) is 71.0 Å². The number of hydrogen-bond acceptors (Lipinski definition) is 6. The fourth-order valence-corrected chi connectivity index (χ4v) is 3.79. The third-order valence-electron chi connectivity index (χ3n) is 3.51. The van der Waals surface area contributed by atoms with E-state index in [1.54, 1.807) is 30.8 Å². The van der Waals surface area contributed by atoms with Gasteiger partial charge in [0, 0.05) is 11.3 Å². The van der Waals surface area contributed by atoms with Gasteiger partial charge < -0.3 is 5.32 Å². The first-order chi connectivity index (χ1) is 12.1. The highest BCUT2D eigenvalue weighted by molar-refractivity contribution is 8.00. The number of thioether (sulfide) groups is 1. The molecule has 1 N–H and O–H groups in total. The molecule has 0 bridgehead atoms. The Bertz CT molecular complexity index is 868. The number of halogens is 1. The van der Waals surface area contributed by atoms with Gasteiger partial charge in [0.15, 0.2) is 10.1 Å². The van der Waals surface area contributed by atoms with E-state index in [4.69, 9.17) is 0 Å². The number of rotatable bonds is 7. The van der Waals surface area contributed by atoms with Crippen molar-refractivity contribution in [2.75, 3.05) is 11.9 Å². The Hall–Kier alpha value is -2.25. The van der Waals surface area contributed by atoms with Crippen molar-refractivity contribution < 1.29 is 9.18 Å². The molecule has 0 unspecified atom stereocenters. The van der Waals surface area contributed by atoms with Gasteiger partial charge in [-0.2, -0.15) is 0 Å². The molecule has 128 valence electrons. The Morgan fingerprint density at radius 1 is 1.20 bits per heavy atom. The molecule has 0 amide bonds. The van der Waals surface area contributed by atoms with E-state index in [1.165, 1.54) is 23.0 Å². The van der Waals surface area contributed by atoms with Gasteiger partial charge in [-0.15, -0.1) is 10.2 Å². The zero-order valence-electron chi connectivity index (χ0n) is 13.5. The predicted molar refractivity (Wildman–Crippen MR) is 99.9 cm³/mol. The zero-order chi connectivity index (χ0) is 17.6. The van der Waals surface area contributed by atoms with E-state index in [0.717, 1.165) is 10.1 Å². The van der Waals surface area contributed by atoms with Crippen molar-refractivity contribution in [2.45, 2.75) is 17.0 Å². The third kappa shape index (κ3) is 4.87. The van der Waals surface area contributed by atoms with Crippen LogP contribution in [0.1, 0.15) is 21.5 Å². The SMILES string of the molecule is Cc1ccc(C(=O)CNc2nnc(SCc3ccccc3)s2)cc1F. The average Bonchev–Trinajstić information content (AvgIpc) is 3.09. The lowest BCUT2D eigenvalue weighted by atomic mass is 10.1. The van der Waals surface area contributed by atoms with E-state index in [1.807, 2.05) is 18.2 Å². The summed E-state index contributed by atoms with van der Waals surface area (Å²) in [6, 6.07) is 14.6. The first-order valence-electron chi connectivity index (χ1n) is 7.65. The van der Waals surface area contributed by atoms with E-state index >= 15 is 0 Å². The minimum atomic E-state index is -0.374. The van der Waals surface area contributed by atoms with E-state index in [-0.39, 0.29) is 18.1 Å². The van der Waals surface area contributed by atoms with Gasteiger partial charge in [-0.05, 0) is 24.1 Å². The molecule has 0 saturated carbocycles. The number of Topliss-reactive ketones (excluding diaryl/α,β-unsaturated/α-hetero) is 1. The molecule has 0 fully saturated rings. The number of hydrogen-bond donors (Lipinski definition) is 1. The van der Waals surface area contributed by atoms with Gasteiger partial charge in [-0.3, -0.25) is 4.79 Å². The van der Waals surface area contributed by atoms with Crippen LogP contribution in [0.3, 0.4) is 0 Å². The molecule has 0 atom stereocenters. The lowest BCUT2D eigenvalue weighted by Crippen LogP contribution is -2.14. The Balaban J connectivity index is 1.52. The molecule has 0 radical (unpaired) electrons. The number of nitrogens with one attached hydrogen (secondary N) is 1. The number of anilines is 1. The molecule has 1 aromatic heterocycles. The number of benzene rings is 2. The Labute approximate surface area is 153 Å². The summed E-state index contributed by atoms with van der Waals surface area (Å²) < 4.78 is 14.4. The van der Waals surface area contributed by atoms with Crippen molar-refractivity contribution in [2.24, 2.45) is 0 Å². The summed E-state index contributed by atoms with van der Waals surface area (Å²) in [4.78, 5) is 12.1. The van der Waals surface area contributed by atoms with Crippen LogP contribution in [0.5, 0.6) is 0 Å². The monoisotopic (exact) mass is 373 g/mol. The van der Waals surface area contributed by atoms with Crippen LogP contribution in [0.2, 0.25) is 0 Å². The lowest BCUT2D eigenvalue weighted by Gasteiger charge is -2.03. The molecular formula is C18H16FN3OS2. The predicted octanol–water partition coefficient (Wildman–Crippen LogP) is 4.57. The highest BCUT2D eigenvalue weighted by Gasteiger charge is 2.10. The van der Waals surface area contributed by atoms with Crippen LogP contribution in [0.4, 0.5) is 9.52 Å². The van der Waals surface area contributed by atoms with Gasteiger partial charge in [-0.25, -0.2) is 4.39 Å². The second-order valence-corrected chi connectivity index (χ2v) is 7.59. The number of carbonyl (C=O) groups excluding carboxylic acids is 1. The number of carbonyl (C=O) groups is 1. The maximum atomic E-state index is 13.5. The van der Waals surface area contributed by atoms with Crippen LogP contribution >= 0.6 is 23.1 Å². The largest absolute Gasteiger partial charge is 0.353 e. The second-order valence-electron chi connectivity index (χ2n) is 5.39. The fourth-order valence-electron chi connectivity index (χ4n) is 2.08. The summed E-state index contributed by atoms with van der Waals surface area (Å²) in [7, 11) is 0. The summed E-state index contributed by atoms with van der Waals surface area (Å²) in [5.41, 5.74) is 2.08. The summed E-state index contributed by atoms with van der Waals surface area (Å²) in [6.45, 7) is 1.72. The molecular weight excluding hydrogens is 357 g/mol. The molecule has 4 nitrogen and oxygen atoms in total. The van der Waals surface area contributed by atoms with Gasteiger partial charge in [0.2, 0.25) is 5.13 Å². The molecule has 0 aliphatic carbocycles. The summed E-state index contributed by atoms with van der Waals surface area (Å²) in [6.07, 6.45) is 0. The van der Waals surface area contributed by atoms with Crippen molar-refractivity contribution in [1.82, 2.24) is 10.2 Å². The van der Waals surface area contributed by atoms with Crippen molar-refractivity contribution >= 4 is 34.0 Å². The molecule has 25 heavy (non-hydrogen) atoms. The number of aromatic nitrogens is 2. The first-order valence-corrected chi connectivity index (χ1v) is 9.45. The van der Waals surface area contributed by atoms with E-state index in [0.29, 0.717) is 16.3 Å². The zero-order valence-corrected chi connectivity index (χ0v) is 15.2. The topological polar surface area (TPSA) is 54.9 Å². The molecule has 0 spiro atoms. The minimum absolute atomic E-state index is 0.0560. The van der Waals surface area contributed by atoms with Crippen LogP contribution in [0.25, 0.3) is 0 Å². The molecule has 2 aromatic carbocycles. The summed E-state index contributed by atoms with van der Waals surface area (Å²) in [5, 5.41) is 11.7. The Kier molecular flexibility index (Phi) is 5.78. The molecule has 1 heterocycles. The van der Waals surface area contributed by atoms with Crippen molar-refractivity contribution in [3.8, 4) is 0 Å². The smallest absolute Gasteiger partial charge is 0.206 e. The van der Waals surface area contributed by atoms with Gasteiger partial charge in [-0.1, -0.05) is 65.6 Å². The van der Waals surface area contributed by atoms with Gasteiger partial charge in [0.1, 0.15) is 5.82 Å². The second kappa shape index (κ2) is 8.22. The molecule has 3 rings (SSSR count). The first kappa shape index (κ1) is 17.6. The number of aryl methyl sites for hydroxylation is 1. The fraction of sp³-hybridized carbons (Fsp3) is 0.167. The van der Waals surface area contributed by atoms with Crippen molar-refractivity contribution in [3.63, 3.8) is 0 Å². The van der Waals surface area contributed by atoms with Crippen LogP contribution < -0.4 is 5.32 Å². The van der Waals surface area contributed by atoms with Gasteiger partial charge in [0.25, 0.3) is 0 Å². The van der Waals surface area contributed by atoms with Crippen LogP contribution in [-0.4, -0.2) is 22.5 Å². The van der Waals surface area contributed by atoms with Crippen LogP contribution in [0, 0.1) is 12.7 Å². The normalized spacial score (nSPS) is 10.6. The Morgan fingerprint density at radius 3 is 2.76 bits per heavy atom. The standard InChI is InChI=1S/C18H16FN3OS2/c1-12-7-8-14(9-15(12)19)16(23)10-20-17-21-22-18(25-17)24-11-13-5-3-2-4-6-13/h2-9H,10-11H2,1H3,(H,20,21). The maximum Gasteiger partial charge on any atom is 0.206 e. The molecule has 0 saturated heterocycles. The Morgan fingerprint density at radius 2 is 2.00 bits per heavy atom. The molecule has 3 aromatic rings. The summed E-state index contributed by atoms with van der Waals surface area (Å²) in [5.74, 6) is 0.255. The number of nitrogens with zero attached hydrogens (tertiary/aromatic N) is 2. The minimum Gasteiger partial charge on any atom is -0.353 e. The molecule has 0 aliphatic heterocycles. The van der Waals surface area contributed by atoms with Crippen LogP contribution in [-0.2, 0) is 5.75 Å². The van der Waals surface area contributed by atoms with Crippen molar-refractivity contribution in [1.29, 1.82) is 0 Å². The van der Waals surface area contributed by atoms with E-state index in [2.05, 4.69) is 27.6 Å². The van der Waals surface area contributed by atoms with E-state index < -0.39 is 0 Å². The number of ketones is 1. The molecule has 0 aliphatic rings. The highest BCUT2D eigenvalue weighted by atomic mass is 32.2. The molecule has 7 heteroatoms. The van der Waals surface area contributed by atoms with Gasteiger partial charge >= 0.3 is 0 Å². The van der Waals surface area contributed by atoms with Gasteiger partial charge in [0.05, 0.1) is 6.54 Å². The third-order valence-corrected chi connectivity index (χ3v) is 5.59. The van der Waals surface area contributed by atoms with E-state index in [9.17, 15) is 9.18 Å². The lowest BCUT2D eigenvalue weighted by molar-refractivity contribution is 0.101. The quantitative estimate of drug-likeness (QED) is 0.485. The maximum absolute atomic E-state index is 13.5. The van der Waals surface area contributed by atoms with Crippen LogP contribution in [0.15, 0.2) is 52.9 Å². The highest BCUT2D eigenvalue weighted by Crippen LogP contribution is 2.28. The average molecular weight is 373 g/mol. The summed E-state index contributed by atoms with van der Waals surface area (Å²) >= 11 is 3.00.